The van der Waals surface area contributed by atoms with Gasteiger partial charge in [-0.3, -0.25) is 0 Å². The lowest BCUT2D eigenvalue weighted by Gasteiger charge is -1.99. The summed E-state index contributed by atoms with van der Waals surface area (Å²) in [7, 11) is 0. The molecule has 130 valence electrons. The van der Waals surface area contributed by atoms with Crippen LogP contribution in [0.4, 0.5) is 0 Å². The number of hydrogen-bond acceptors (Lipinski definition) is 5. The van der Waals surface area contributed by atoms with Gasteiger partial charge in [0.25, 0.3) is 0 Å². The summed E-state index contributed by atoms with van der Waals surface area (Å²) in [6.07, 6.45) is 1.48. The minimum atomic E-state index is -0.589. The Balaban J connectivity index is 1.78. The summed E-state index contributed by atoms with van der Waals surface area (Å²) in [6, 6.07) is 10.7. The number of benzene rings is 2. The summed E-state index contributed by atoms with van der Waals surface area (Å²) >= 11 is 14.6. The van der Waals surface area contributed by atoms with Crippen LogP contribution >= 0.6 is 54.8 Å². The largest absolute Gasteiger partial charge is 0.507 e. The molecule has 0 saturated carbocycles. The third-order valence-corrected chi connectivity index (χ3v) is 6.32. The van der Waals surface area contributed by atoms with E-state index in [1.807, 2.05) is 18.2 Å². The fourth-order valence-electron chi connectivity index (χ4n) is 2.47. The van der Waals surface area contributed by atoms with E-state index in [-0.39, 0.29) is 17.3 Å². The molecule has 1 aromatic heterocycles. The summed E-state index contributed by atoms with van der Waals surface area (Å²) in [4.78, 5) is 17.1. The normalized spacial score (nSPS) is 15.6. The molecule has 1 N–H and O–H groups in total. The van der Waals surface area contributed by atoms with Crippen molar-refractivity contribution in [1.82, 2.24) is 0 Å². The number of carbonyl (C=O) groups excluding carboxylic acids is 1. The average molecular weight is 514 g/mol. The van der Waals surface area contributed by atoms with E-state index in [4.69, 9.17) is 16.3 Å². The van der Waals surface area contributed by atoms with Crippen LogP contribution in [-0.4, -0.2) is 17.0 Å². The van der Waals surface area contributed by atoms with Crippen molar-refractivity contribution in [3.63, 3.8) is 0 Å². The van der Waals surface area contributed by atoms with Gasteiger partial charge in [-0.05, 0) is 36.4 Å². The maximum atomic E-state index is 12.2. The number of nitrogens with zero attached hydrogens (tertiary/aromatic N) is 1. The highest BCUT2D eigenvalue weighted by molar-refractivity contribution is 9.10. The molecule has 1 aliphatic rings. The molecule has 4 nitrogen and oxygen atoms in total. The Morgan fingerprint density at radius 2 is 1.88 bits per heavy atom. The molecule has 0 unspecified atom stereocenters. The zero-order valence-electron chi connectivity index (χ0n) is 12.8. The zero-order chi connectivity index (χ0) is 18.4. The van der Waals surface area contributed by atoms with Crippen LogP contribution in [0.3, 0.4) is 0 Å². The van der Waals surface area contributed by atoms with Gasteiger partial charge in [-0.1, -0.05) is 49.5 Å². The quantitative estimate of drug-likeness (QED) is 0.331. The Kier molecular flexibility index (Phi) is 4.64. The predicted octanol–water partition coefficient (Wildman–Crippen LogP) is 6.13. The molecule has 0 fully saturated rings. The van der Waals surface area contributed by atoms with Crippen LogP contribution in [0.15, 0.2) is 56.0 Å². The van der Waals surface area contributed by atoms with Crippen molar-refractivity contribution >= 4 is 82.8 Å². The minimum absolute atomic E-state index is 0.0434. The minimum Gasteiger partial charge on any atom is -0.507 e. The van der Waals surface area contributed by atoms with Gasteiger partial charge in [0.2, 0.25) is 5.90 Å². The van der Waals surface area contributed by atoms with E-state index < -0.39 is 5.97 Å². The number of rotatable bonds is 2. The number of fused-ring (bicyclic) bond motifs is 1. The van der Waals surface area contributed by atoms with Gasteiger partial charge in [-0.25, -0.2) is 9.79 Å². The van der Waals surface area contributed by atoms with Crippen LogP contribution in [0, 0.1) is 0 Å². The van der Waals surface area contributed by atoms with Crippen molar-refractivity contribution < 1.29 is 14.6 Å². The van der Waals surface area contributed by atoms with Crippen LogP contribution in [0.5, 0.6) is 5.75 Å². The number of esters is 1. The molecule has 4 rings (SSSR count). The molecule has 0 radical (unpaired) electrons. The lowest BCUT2D eigenvalue weighted by Crippen LogP contribution is -2.04. The van der Waals surface area contributed by atoms with E-state index in [0.717, 1.165) is 19.0 Å². The Morgan fingerprint density at radius 3 is 2.69 bits per heavy atom. The van der Waals surface area contributed by atoms with E-state index in [0.29, 0.717) is 15.5 Å². The number of ether oxygens (including phenoxy) is 1. The van der Waals surface area contributed by atoms with Gasteiger partial charge in [0.05, 0.1) is 5.02 Å². The van der Waals surface area contributed by atoms with Crippen molar-refractivity contribution in [2.45, 2.75) is 0 Å². The standard InChI is InChI=1S/C18H8Br2ClNO3S/c19-9-2-4-13(23)8(5-9)6-12-18(24)25-17(22-12)16-15(21)11-3-1-10(20)7-14(11)26-16/h1-7,23H/b12-6+. The number of phenolic OH excluding ortho intramolecular Hbond substituents is 1. The van der Waals surface area contributed by atoms with Crippen LogP contribution < -0.4 is 0 Å². The average Bonchev–Trinajstić information content (AvgIpc) is 3.11. The number of phenols is 1. The number of hydrogen-bond donors (Lipinski definition) is 1. The number of aliphatic imine (C=N–C) groups is 1. The second kappa shape index (κ2) is 6.81. The molecule has 0 aliphatic carbocycles. The van der Waals surface area contributed by atoms with Crippen LogP contribution in [0.2, 0.25) is 5.02 Å². The highest BCUT2D eigenvalue weighted by atomic mass is 79.9. The van der Waals surface area contributed by atoms with Crippen LogP contribution in [0.25, 0.3) is 16.2 Å². The molecular weight excluding hydrogens is 506 g/mol. The number of cyclic esters (lactones) is 1. The van der Waals surface area contributed by atoms with Crippen molar-refractivity contribution in [3.05, 3.63) is 66.5 Å². The zero-order valence-corrected chi connectivity index (χ0v) is 17.5. The van der Waals surface area contributed by atoms with Crippen molar-refractivity contribution in [1.29, 1.82) is 0 Å². The molecular formula is C18H8Br2ClNO3S. The van der Waals surface area contributed by atoms with E-state index >= 15 is 0 Å². The fraction of sp³-hybridized carbons (Fsp3) is 0. The summed E-state index contributed by atoms with van der Waals surface area (Å²) < 4.78 is 7.97. The number of carbonyl (C=O) groups is 1. The topological polar surface area (TPSA) is 58.9 Å². The third kappa shape index (κ3) is 3.20. The van der Waals surface area contributed by atoms with Crippen molar-refractivity contribution in [2.24, 2.45) is 4.99 Å². The molecule has 26 heavy (non-hydrogen) atoms. The second-order valence-corrected chi connectivity index (χ2v) is 8.69. The molecule has 0 amide bonds. The van der Waals surface area contributed by atoms with E-state index in [1.54, 1.807) is 12.1 Å². The fourth-order valence-corrected chi connectivity index (χ4v) is 4.84. The second-order valence-electron chi connectivity index (χ2n) is 5.42. The highest BCUT2D eigenvalue weighted by Crippen LogP contribution is 2.38. The number of halogens is 3. The Bertz CT molecular complexity index is 1140. The molecule has 0 atom stereocenters. The van der Waals surface area contributed by atoms with Gasteiger partial charge in [0.1, 0.15) is 10.6 Å². The van der Waals surface area contributed by atoms with Crippen molar-refractivity contribution in [3.8, 4) is 5.75 Å². The van der Waals surface area contributed by atoms with Crippen LogP contribution in [0.1, 0.15) is 10.4 Å². The Morgan fingerprint density at radius 1 is 1.15 bits per heavy atom. The smallest absolute Gasteiger partial charge is 0.363 e. The molecule has 0 bridgehead atoms. The van der Waals surface area contributed by atoms with E-state index in [2.05, 4.69) is 36.9 Å². The van der Waals surface area contributed by atoms with E-state index in [1.165, 1.54) is 23.5 Å². The summed E-state index contributed by atoms with van der Waals surface area (Å²) in [5.41, 5.74) is 0.561. The monoisotopic (exact) mass is 511 g/mol. The number of aromatic hydroxyl groups is 1. The third-order valence-electron chi connectivity index (χ3n) is 3.69. The van der Waals surface area contributed by atoms with Crippen LogP contribution in [-0.2, 0) is 9.53 Å². The highest BCUT2D eigenvalue weighted by Gasteiger charge is 2.28. The first kappa shape index (κ1) is 17.7. The Labute approximate surface area is 174 Å². The van der Waals surface area contributed by atoms with Gasteiger partial charge in [-0.2, -0.15) is 0 Å². The summed E-state index contributed by atoms with van der Waals surface area (Å²) in [5.74, 6) is -0.381. The molecule has 2 heterocycles. The van der Waals surface area contributed by atoms with E-state index in [9.17, 15) is 9.90 Å². The van der Waals surface area contributed by atoms with Gasteiger partial charge >= 0.3 is 5.97 Å². The first-order valence-corrected chi connectivity index (χ1v) is 10.1. The predicted molar refractivity (Wildman–Crippen MR) is 111 cm³/mol. The molecule has 0 saturated heterocycles. The maximum absolute atomic E-state index is 12.2. The van der Waals surface area contributed by atoms with Gasteiger partial charge in [0.15, 0.2) is 5.70 Å². The summed E-state index contributed by atoms with van der Waals surface area (Å²) in [5, 5.41) is 11.3. The molecule has 0 spiro atoms. The van der Waals surface area contributed by atoms with Gasteiger partial charge in [0, 0.05) is 24.6 Å². The molecule has 2 aromatic carbocycles. The maximum Gasteiger partial charge on any atom is 0.363 e. The molecule has 3 aromatic rings. The molecule has 1 aliphatic heterocycles. The van der Waals surface area contributed by atoms with Gasteiger partial charge < -0.3 is 9.84 Å². The first-order chi connectivity index (χ1) is 12.4. The lowest BCUT2D eigenvalue weighted by atomic mass is 10.1. The first-order valence-electron chi connectivity index (χ1n) is 7.31. The lowest BCUT2D eigenvalue weighted by molar-refractivity contribution is -0.129. The van der Waals surface area contributed by atoms with Gasteiger partial charge in [-0.15, -0.1) is 11.3 Å². The summed E-state index contributed by atoms with van der Waals surface area (Å²) in [6.45, 7) is 0. The SMILES string of the molecule is O=C1OC(c2sc3cc(Br)ccc3c2Cl)=N/C1=C/c1cc(Br)ccc1O. The number of thiophene rings is 1. The Hall–Kier alpha value is -1.67. The molecule has 8 heteroatoms. The van der Waals surface area contributed by atoms with Crippen molar-refractivity contribution in [2.75, 3.05) is 0 Å².